The molecule has 2 heterocycles. The van der Waals surface area contributed by atoms with Crippen molar-refractivity contribution >= 4 is 28.3 Å². The van der Waals surface area contributed by atoms with Crippen LogP contribution in [0, 0.1) is 0 Å². The van der Waals surface area contributed by atoms with E-state index in [4.69, 9.17) is 5.73 Å². The lowest BCUT2D eigenvalue weighted by molar-refractivity contribution is 0.102. The first-order valence-corrected chi connectivity index (χ1v) is 6.39. The molecule has 0 saturated carbocycles. The molecule has 0 aliphatic rings. The fourth-order valence-electron chi connectivity index (χ4n) is 2.12. The minimum atomic E-state index is -0.212. The van der Waals surface area contributed by atoms with Crippen molar-refractivity contribution in [3.05, 3.63) is 41.7 Å². The van der Waals surface area contributed by atoms with E-state index in [0.717, 1.165) is 23.0 Å². The van der Waals surface area contributed by atoms with Crippen molar-refractivity contribution in [1.82, 2.24) is 15.2 Å². The monoisotopic (exact) mass is 269 g/mol. The average molecular weight is 269 g/mol. The zero-order valence-electron chi connectivity index (χ0n) is 11.0. The van der Waals surface area contributed by atoms with E-state index in [9.17, 15) is 4.79 Å². The molecule has 1 amide bonds. The number of aromatic nitrogens is 3. The van der Waals surface area contributed by atoms with Crippen molar-refractivity contribution in [2.24, 2.45) is 0 Å². The maximum Gasteiger partial charge on any atom is 0.259 e. The molecule has 0 saturated heterocycles. The Labute approximate surface area is 115 Å². The lowest BCUT2D eigenvalue weighted by Gasteiger charge is -2.00. The maximum absolute atomic E-state index is 12.3. The Morgan fingerprint density at radius 1 is 1.40 bits per heavy atom. The molecule has 0 aliphatic heterocycles. The summed E-state index contributed by atoms with van der Waals surface area (Å²) in [7, 11) is 0. The maximum atomic E-state index is 12.3. The van der Waals surface area contributed by atoms with E-state index in [1.54, 1.807) is 18.3 Å². The van der Waals surface area contributed by atoms with Gasteiger partial charge < -0.3 is 16.0 Å². The highest BCUT2D eigenvalue weighted by molar-refractivity contribution is 6.12. The van der Waals surface area contributed by atoms with E-state index in [2.05, 4.69) is 20.5 Å². The molecular weight excluding hydrogens is 254 g/mol. The second kappa shape index (κ2) is 4.73. The molecule has 5 N–H and O–H groups in total. The zero-order valence-corrected chi connectivity index (χ0v) is 11.0. The first-order chi connectivity index (χ1) is 9.67. The molecule has 102 valence electrons. The number of anilines is 2. The third-order valence-corrected chi connectivity index (χ3v) is 3.20. The fourth-order valence-corrected chi connectivity index (χ4v) is 2.12. The standard InChI is InChI=1S/C14H15N5O/c1-2-9-6-13(19-18-9)17-14(20)11-7-16-12-4-3-8(15)5-10(11)12/h3-7,16H,2,15H2,1H3,(H2,17,18,19,20). The Balaban J connectivity index is 1.90. The predicted molar refractivity (Wildman–Crippen MR) is 78.6 cm³/mol. The van der Waals surface area contributed by atoms with Crippen molar-refractivity contribution in [3.8, 4) is 0 Å². The molecule has 3 rings (SSSR count). The molecule has 2 aromatic heterocycles. The van der Waals surface area contributed by atoms with Gasteiger partial charge in [-0.05, 0) is 24.6 Å². The quantitative estimate of drug-likeness (QED) is 0.549. The lowest BCUT2D eigenvalue weighted by atomic mass is 10.1. The van der Waals surface area contributed by atoms with Gasteiger partial charge in [0.25, 0.3) is 5.91 Å². The summed E-state index contributed by atoms with van der Waals surface area (Å²) < 4.78 is 0. The van der Waals surface area contributed by atoms with Gasteiger partial charge in [0.2, 0.25) is 0 Å². The topological polar surface area (TPSA) is 99.6 Å². The fraction of sp³-hybridized carbons (Fsp3) is 0.143. The highest BCUT2D eigenvalue weighted by Gasteiger charge is 2.13. The number of hydrogen-bond acceptors (Lipinski definition) is 3. The zero-order chi connectivity index (χ0) is 14.1. The number of H-pyrrole nitrogens is 2. The van der Waals surface area contributed by atoms with Crippen LogP contribution in [-0.2, 0) is 6.42 Å². The number of carbonyl (C=O) groups is 1. The van der Waals surface area contributed by atoms with Gasteiger partial charge in [-0.1, -0.05) is 6.92 Å². The Morgan fingerprint density at radius 3 is 3.00 bits per heavy atom. The number of fused-ring (bicyclic) bond motifs is 1. The Kier molecular flexibility index (Phi) is 2.90. The molecule has 20 heavy (non-hydrogen) atoms. The smallest absolute Gasteiger partial charge is 0.259 e. The third-order valence-electron chi connectivity index (χ3n) is 3.20. The highest BCUT2D eigenvalue weighted by Crippen LogP contribution is 2.21. The molecule has 0 unspecified atom stereocenters. The first kappa shape index (κ1) is 12.3. The summed E-state index contributed by atoms with van der Waals surface area (Å²) in [6.45, 7) is 2.02. The van der Waals surface area contributed by atoms with Crippen LogP contribution < -0.4 is 11.1 Å². The van der Waals surface area contributed by atoms with Crippen LogP contribution in [0.1, 0.15) is 23.0 Å². The number of nitrogen functional groups attached to an aromatic ring is 1. The van der Waals surface area contributed by atoms with Crippen LogP contribution in [0.4, 0.5) is 11.5 Å². The summed E-state index contributed by atoms with van der Waals surface area (Å²) in [5.41, 5.74) is 8.79. The van der Waals surface area contributed by atoms with Gasteiger partial charge in [0, 0.05) is 34.5 Å². The second-order valence-corrected chi connectivity index (χ2v) is 4.59. The second-order valence-electron chi connectivity index (χ2n) is 4.59. The van der Waals surface area contributed by atoms with Gasteiger partial charge in [-0.25, -0.2) is 0 Å². The van der Waals surface area contributed by atoms with E-state index in [-0.39, 0.29) is 5.91 Å². The van der Waals surface area contributed by atoms with Crippen molar-refractivity contribution in [2.45, 2.75) is 13.3 Å². The van der Waals surface area contributed by atoms with Gasteiger partial charge in [-0.15, -0.1) is 0 Å². The molecule has 0 aliphatic carbocycles. The molecule has 0 radical (unpaired) electrons. The first-order valence-electron chi connectivity index (χ1n) is 6.39. The Bertz CT molecular complexity index is 771. The highest BCUT2D eigenvalue weighted by atomic mass is 16.1. The molecule has 0 atom stereocenters. The van der Waals surface area contributed by atoms with Crippen LogP contribution in [0.2, 0.25) is 0 Å². The number of nitrogens with two attached hydrogens (primary N) is 1. The Morgan fingerprint density at radius 2 is 2.25 bits per heavy atom. The van der Waals surface area contributed by atoms with E-state index < -0.39 is 0 Å². The normalized spacial score (nSPS) is 10.8. The summed E-state index contributed by atoms with van der Waals surface area (Å²) in [4.78, 5) is 15.3. The van der Waals surface area contributed by atoms with E-state index in [1.165, 1.54) is 0 Å². The molecule has 1 aromatic carbocycles. The number of aryl methyl sites for hydroxylation is 1. The van der Waals surface area contributed by atoms with Gasteiger partial charge in [0.05, 0.1) is 5.56 Å². The van der Waals surface area contributed by atoms with Crippen molar-refractivity contribution in [2.75, 3.05) is 11.1 Å². The minimum Gasteiger partial charge on any atom is -0.399 e. The van der Waals surface area contributed by atoms with Crippen molar-refractivity contribution in [1.29, 1.82) is 0 Å². The molecule has 0 fully saturated rings. The van der Waals surface area contributed by atoms with Gasteiger partial charge in [0.15, 0.2) is 5.82 Å². The minimum absolute atomic E-state index is 0.212. The van der Waals surface area contributed by atoms with Gasteiger partial charge in [-0.2, -0.15) is 5.10 Å². The summed E-state index contributed by atoms with van der Waals surface area (Å²) in [5, 5.41) is 10.5. The molecule has 6 nitrogen and oxygen atoms in total. The van der Waals surface area contributed by atoms with Crippen LogP contribution in [0.3, 0.4) is 0 Å². The van der Waals surface area contributed by atoms with Crippen LogP contribution in [0.5, 0.6) is 0 Å². The number of amides is 1. The molecule has 0 bridgehead atoms. The number of benzene rings is 1. The van der Waals surface area contributed by atoms with Gasteiger partial charge in [0.1, 0.15) is 0 Å². The number of aromatic amines is 2. The van der Waals surface area contributed by atoms with Crippen LogP contribution in [-0.4, -0.2) is 21.1 Å². The third kappa shape index (κ3) is 2.11. The molecular formula is C14H15N5O. The average Bonchev–Trinajstić information content (AvgIpc) is 3.04. The number of rotatable bonds is 3. The number of nitrogens with one attached hydrogen (secondary N) is 3. The molecule has 6 heteroatoms. The van der Waals surface area contributed by atoms with Gasteiger partial charge >= 0.3 is 0 Å². The van der Waals surface area contributed by atoms with Crippen molar-refractivity contribution < 1.29 is 4.79 Å². The predicted octanol–water partition coefficient (Wildman–Crippen LogP) is 2.29. The molecule has 3 aromatic rings. The van der Waals surface area contributed by atoms with E-state index in [0.29, 0.717) is 17.1 Å². The SMILES string of the molecule is CCc1cc(NC(=O)c2c[nH]c3ccc(N)cc23)n[nH]1. The number of hydrogen-bond donors (Lipinski definition) is 4. The van der Waals surface area contributed by atoms with E-state index in [1.807, 2.05) is 19.1 Å². The number of nitrogens with zero attached hydrogens (tertiary/aromatic N) is 1. The summed E-state index contributed by atoms with van der Waals surface area (Å²) >= 11 is 0. The van der Waals surface area contributed by atoms with Crippen LogP contribution in [0.25, 0.3) is 10.9 Å². The Hall–Kier alpha value is -2.76. The van der Waals surface area contributed by atoms with Gasteiger partial charge in [-0.3, -0.25) is 9.89 Å². The summed E-state index contributed by atoms with van der Waals surface area (Å²) in [6.07, 6.45) is 2.51. The summed E-state index contributed by atoms with van der Waals surface area (Å²) in [6, 6.07) is 7.25. The summed E-state index contributed by atoms with van der Waals surface area (Å²) in [5.74, 6) is 0.307. The molecule has 0 spiro atoms. The van der Waals surface area contributed by atoms with E-state index >= 15 is 0 Å². The number of carbonyl (C=O) groups excluding carboxylic acids is 1. The van der Waals surface area contributed by atoms with Crippen molar-refractivity contribution in [3.63, 3.8) is 0 Å². The van der Waals surface area contributed by atoms with Crippen LogP contribution >= 0.6 is 0 Å². The largest absolute Gasteiger partial charge is 0.399 e. The van der Waals surface area contributed by atoms with Crippen LogP contribution in [0.15, 0.2) is 30.5 Å². The lowest BCUT2D eigenvalue weighted by Crippen LogP contribution is -2.11.